The molecule has 2 rings (SSSR count). The van der Waals surface area contributed by atoms with Gasteiger partial charge in [-0.1, -0.05) is 6.07 Å². The standard InChI is InChI=1S/C13H17N5OS/c1-7(2)18-12(19)16-17-13(18)20-10-6-8(3)4-5-9(10)11(14)15/h4-7H,1-3H3,(H3,14,15)(H,16,19). The number of nitrogen functional groups attached to an aromatic ring is 1. The molecular formula is C13H17N5OS. The number of hydrogen-bond acceptors (Lipinski definition) is 4. The van der Waals surface area contributed by atoms with Crippen molar-refractivity contribution in [3.8, 4) is 0 Å². The van der Waals surface area contributed by atoms with E-state index in [4.69, 9.17) is 11.1 Å². The molecule has 7 heteroatoms. The first-order valence-corrected chi connectivity index (χ1v) is 7.01. The molecule has 0 unspecified atom stereocenters. The molecule has 106 valence electrons. The molecule has 0 atom stereocenters. The first-order valence-electron chi connectivity index (χ1n) is 6.20. The summed E-state index contributed by atoms with van der Waals surface area (Å²) in [5.74, 6) is 0.00137. The number of nitrogens with zero attached hydrogens (tertiary/aromatic N) is 2. The van der Waals surface area contributed by atoms with Crippen molar-refractivity contribution in [2.45, 2.75) is 36.9 Å². The minimum atomic E-state index is -0.237. The average molecular weight is 291 g/mol. The summed E-state index contributed by atoms with van der Waals surface area (Å²) in [4.78, 5) is 12.5. The highest BCUT2D eigenvalue weighted by Crippen LogP contribution is 2.30. The number of nitrogens with two attached hydrogens (primary N) is 1. The van der Waals surface area contributed by atoms with Crippen LogP contribution in [0.4, 0.5) is 0 Å². The van der Waals surface area contributed by atoms with E-state index < -0.39 is 0 Å². The summed E-state index contributed by atoms with van der Waals surface area (Å²) in [6, 6.07) is 5.66. The lowest BCUT2D eigenvalue weighted by molar-refractivity contribution is 0.534. The lowest BCUT2D eigenvalue weighted by atomic mass is 10.1. The molecule has 0 aliphatic rings. The molecule has 0 saturated carbocycles. The van der Waals surface area contributed by atoms with E-state index in [0.717, 1.165) is 10.5 Å². The molecule has 0 fully saturated rings. The lowest BCUT2D eigenvalue weighted by Crippen LogP contribution is -2.19. The fourth-order valence-electron chi connectivity index (χ4n) is 1.85. The van der Waals surface area contributed by atoms with E-state index in [0.29, 0.717) is 10.7 Å². The first-order chi connectivity index (χ1) is 9.40. The fourth-order valence-corrected chi connectivity index (χ4v) is 3.07. The van der Waals surface area contributed by atoms with Gasteiger partial charge in [0.2, 0.25) is 0 Å². The third-order valence-corrected chi connectivity index (χ3v) is 3.85. The van der Waals surface area contributed by atoms with Crippen molar-refractivity contribution in [2.75, 3.05) is 0 Å². The van der Waals surface area contributed by atoms with E-state index in [2.05, 4.69) is 10.2 Å². The Morgan fingerprint density at radius 2 is 2.20 bits per heavy atom. The largest absolute Gasteiger partial charge is 0.384 e. The van der Waals surface area contributed by atoms with E-state index in [1.807, 2.05) is 39.0 Å². The van der Waals surface area contributed by atoms with Crippen LogP contribution in [0.2, 0.25) is 0 Å². The van der Waals surface area contributed by atoms with Gasteiger partial charge in [-0.15, -0.1) is 5.10 Å². The van der Waals surface area contributed by atoms with E-state index in [1.165, 1.54) is 11.8 Å². The molecule has 6 nitrogen and oxygen atoms in total. The highest BCUT2D eigenvalue weighted by atomic mass is 32.2. The van der Waals surface area contributed by atoms with Gasteiger partial charge in [0.15, 0.2) is 5.16 Å². The van der Waals surface area contributed by atoms with Crippen molar-refractivity contribution >= 4 is 17.6 Å². The number of aromatic nitrogens is 3. The van der Waals surface area contributed by atoms with Crippen LogP contribution in [0.1, 0.15) is 31.0 Å². The summed E-state index contributed by atoms with van der Waals surface area (Å²) in [6.45, 7) is 5.81. The van der Waals surface area contributed by atoms with E-state index in [9.17, 15) is 4.79 Å². The van der Waals surface area contributed by atoms with Crippen molar-refractivity contribution in [3.63, 3.8) is 0 Å². The Morgan fingerprint density at radius 1 is 1.50 bits per heavy atom. The Bertz CT molecular complexity index is 701. The Kier molecular flexibility index (Phi) is 3.99. The molecule has 1 aromatic carbocycles. The van der Waals surface area contributed by atoms with Gasteiger partial charge in [0.1, 0.15) is 5.84 Å². The molecule has 0 bridgehead atoms. The molecule has 0 amide bonds. The van der Waals surface area contributed by atoms with Crippen LogP contribution in [0.15, 0.2) is 33.0 Å². The minimum Gasteiger partial charge on any atom is -0.384 e. The zero-order chi connectivity index (χ0) is 14.9. The summed E-state index contributed by atoms with van der Waals surface area (Å²) in [5, 5.41) is 14.7. The summed E-state index contributed by atoms with van der Waals surface area (Å²) >= 11 is 1.33. The highest BCUT2D eigenvalue weighted by molar-refractivity contribution is 7.99. The van der Waals surface area contributed by atoms with Crippen molar-refractivity contribution in [2.24, 2.45) is 5.73 Å². The highest BCUT2D eigenvalue weighted by Gasteiger charge is 2.15. The van der Waals surface area contributed by atoms with Gasteiger partial charge in [0, 0.05) is 16.5 Å². The Labute approximate surface area is 120 Å². The normalized spacial score (nSPS) is 11.0. The first kappa shape index (κ1) is 14.4. The van der Waals surface area contributed by atoms with Crippen LogP contribution in [0.3, 0.4) is 0 Å². The predicted molar refractivity (Wildman–Crippen MR) is 79.6 cm³/mol. The van der Waals surface area contributed by atoms with Gasteiger partial charge in [-0.05, 0) is 50.2 Å². The Morgan fingerprint density at radius 3 is 2.80 bits per heavy atom. The van der Waals surface area contributed by atoms with Crippen LogP contribution in [0.25, 0.3) is 0 Å². The number of H-pyrrole nitrogens is 1. The van der Waals surface area contributed by atoms with Crippen molar-refractivity contribution < 1.29 is 0 Å². The fraction of sp³-hybridized carbons (Fsp3) is 0.308. The summed E-state index contributed by atoms with van der Waals surface area (Å²) < 4.78 is 1.58. The second-order valence-corrected chi connectivity index (χ2v) is 5.80. The van der Waals surface area contributed by atoms with E-state index in [-0.39, 0.29) is 17.6 Å². The molecule has 0 saturated heterocycles. The molecule has 0 aliphatic carbocycles. The van der Waals surface area contributed by atoms with Gasteiger partial charge in [-0.3, -0.25) is 9.98 Å². The number of amidine groups is 1. The monoisotopic (exact) mass is 291 g/mol. The van der Waals surface area contributed by atoms with Gasteiger partial charge in [0.05, 0.1) is 0 Å². The molecule has 1 heterocycles. The SMILES string of the molecule is Cc1ccc(C(=N)N)c(Sc2n[nH]c(=O)n2C(C)C)c1. The number of benzene rings is 1. The number of aryl methyl sites for hydroxylation is 1. The summed E-state index contributed by atoms with van der Waals surface area (Å²) in [6.07, 6.45) is 0. The maximum atomic E-state index is 11.7. The van der Waals surface area contributed by atoms with Crippen LogP contribution in [0, 0.1) is 12.3 Å². The number of nitrogens with one attached hydrogen (secondary N) is 2. The van der Waals surface area contributed by atoms with Crippen LogP contribution in [-0.2, 0) is 0 Å². The Balaban J connectivity index is 2.47. The lowest BCUT2D eigenvalue weighted by Gasteiger charge is -2.11. The maximum absolute atomic E-state index is 11.7. The molecule has 20 heavy (non-hydrogen) atoms. The smallest absolute Gasteiger partial charge is 0.344 e. The van der Waals surface area contributed by atoms with Crippen molar-refractivity contribution in [3.05, 3.63) is 39.8 Å². The maximum Gasteiger partial charge on any atom is 0.344 e. The number of aromatic amines is 1. The average Bonchev–Trinajstić information content (AvgIpc) is 2.70. The quantitative estimate of drug-likeness (QED) is 0.591. The van der Waals surface area contributed by atoms with Crippen LogP contribution < -0.4 is 11.4 Å². The zero-order valence-electron chi connectivity index (χ0n) is 11.6. The molecular weight excluding hydrogens is 274 g/mol. The van der Waals surface area contributed by atoms with Gasteiger partial charge < -0.3 is 5.73 Å². The summed E-state index contributed by atoms with van der Waals surface area (Å²) in [7, 11) is 0. The molecule has 0 radical (unpaired) electrons. The van der Waals surface area contributed by atoms with Crippen molar-refractivity contribution in [1.29, 1.82) is 5.41 Å². The minimum absolute atomic E-state index is 0.00137. The molecule has 4 N–H and O–H groups in total. The molecule has 1 aromatic heterocycles. The van der Waals surface area contributed by atoms with Gasteiger partial charge in [-0.25, -0.2) is 9.89 Å². The van der Waals surface area contributed by atoms with Gasteiger partial charge in [-0.2, -0.15) is 0 Å². The summed E-state index contributed by atoms with van der Waals surface area (Å²) in [5.41, 5.74) is 7.06. The molecule has 0 aliphatic heterocycles. The molecule has 0 spiro atoms. The third-order valence-electron chi connectivity index (χ3n) is 2.82. The van der Waals surface area contributed by atoms with Crippen LogP contribution >= 0.6 is 11.8 Å². The predicted octanol–water partition coefficient (Wildman–Crippen LogP) is 1.90. The number of rotatable bonds is 4. The second kappa shape index (κ2) is 5.54. The van der Waals surface area contributed by atoms with E-state index in [1.54, 1.807) is 4.57 Å². The van der Waals surface area contributed by atoms with Crippen LogP contribution in [0.5, 0.6) is 0 Å². The topological polar surface area (TPSA) is 101 Å². The van der Waals surface area contributed by atoms with Crippen molar-refractivity contribution in [1.82, 2.24) is 14.8 Å². The third kappa shape index (κ3) is 2.77. The molecule has 2 aromatic rings. The zero-order valence-corrected chi connectivity index (χ0v) is 12.4. The Hall–Kier alpha value is -2.02. The van der Waals surface area contributed by atoms with Crippen LogP contribution in [-0.4, -0.2) is 20.6 Å². The van der Waals surface area contributed by atoms with Gasteiger partial charge >= 0.3 is 5.69 Å². The van der Waals surface area contributed by atoms with Gasteiger partial charge in [0.25, 0.3) is 0 Å². The number of hydrogen-bond donors (Lipinski definition) is 3. The second-order valence-electron chi connectivity index (χ2n) is 4.79. The van der Waals surface area contributed by atoms with E-state index >= 15 is 0 Å².